The van der Waals surface area contributed by atoms with Gasteiger partial charge in [-0.2, -0.15) is 5.10 Å². The lowest BCUT2D eigenvalue weighted by atomic mass is 9.53. The number of carbonyl (C=O) groups excluding carboxylic acids is 1. The van der Waals surface area contributed by atoms with E-state index in [2.05, 4.69) is 15.7 Å². The Labute approximate surface area is 185 Å². The van der Waals surface area contributed by atoms with Gasteiger partial charge in [-0.15, -0.1) is 0 Å². The summed E-state index contributed by atoms with van der Waals surface area (Å²) in [4.78, 5) is 12.8. The molecule has 1 heterocycles. The fraction of sp³-hybridized carbons (Fsp3) is 0.524. The number of carbonyl (C=O) groups is 1. The first-order valence-electron chi connectivity index (χ1n) is 10.1. The minimum atomic E-state index is -0.227. The molecule has 4 aliphatic carbocycles. The average Bonchev–Trinajstić information content (AvgIpc) is 2.95. The predicted octanol–water partition coefficient (Wildman–Crippen LogP) is 5.98. The SMILES string of the molecule is O=C(Nc1nn(Cc2c(Cl)cccc2Cl)cc1Cl)NC12CC3CC(CC(C3)C1)C2. The third kappa shape index (κ3) is 3.85. The van der Waals surface area contributed by atoms with Crippen LogP contribution in [0.15, 0.2) is 24.4 Å². The molecule has 0 saturated heterocycles. The molecule has 8 heteroatoms. The number of amides is 2. The van der Waals surface area contributed by atoms with Gasteiger partial charge in [0.1, 0.15) is 5.02 Å². The van der Waals surface area contributed by atoms with Crippen molar-refractivity contribution in [1.82, 2.24) is 15.1 Å². The molecule has 2 amide bonds. The molecule has 4 aliphatic rings. The van der Waals surface area contributed by atoms with Crippen LogP contribution in [0.25, 0.3) is 0 Å². The van der Waals surface area contributed by atoms with E-state index >= 15 is 0 Å². The van der Waals surface area contributed by atoms with Gasteiger partial charge in [-0.3, -0.25) is 10.00 Å². The fourth-order valence-electron chi connectivity index (χ4n) is 6.05. The maximum atomic E-state index is 12.8. The minimum absolute atomic E-state index is 0.0566. The number of urea groups is 1. The van der Waals surface area contributed by atoms with Crippen molar-refractivity contribution in [3.63, 3.8) is 0 Å². The summed E-state index contributed by atoms with van der Waals surface area (Å²) >= 11 is 18.8. The maximum absolute atomic E-state index is 12.8. The Morgan fingerprint density at radius 3 is 2.21 bits per heavy atom. The van der Waals surface area contributed by atoms with E-state index in [1.54, 1.807) is 29.1 Å². The highest BCUT2D eigenvalue weighted by molar-refractivity contribution is 6.36. The van der Waals surface area contributed by atoms with E-state index in [0.29, 0.717) is 27.4 Å². The summed E-state index contributed by atoms with van der Waals surface area (Å²) < 4.78 is 1.63. The highest BCUT2D eigenvalue weighted by Gasteiger charge is 2.51. The van der Waals surface area contributed by atoms with E-state index in [4.69, 9.17) is 34.8 Å². The van der Waals surface area contributed by atoms with Crippen LogP contribution in [0.5, 0.6) is 0 Å². The smallest absolute Gasteiger partial charge is 0.320 e. The molecule has 0 unspecified atom stereocenters. The van der Waals surface area contributed by atoms with Crippen LogP contribution < -0.4 is 10.6 Å². The van der Waals surface area contributed by atoms with Crippen LogP contribution in [0.4, 0.5) is 10.6 Å². The molecule has 1 aromatic carbocycles. The molecule has 4 bridgehead atoms. The highest BCUT2D eigenvalue weighted by atomic mass is 35.5. The third-order valence-electron chi connectivity index (χ3n) is 6.75. The van der Waals surface area contributed by atoms with Crippen molar-refractivity contribution >= 4 is 46.7 Å². The number of halogens is 3. The number of aromatic nitrogens is 2. The van der Waals surface area contributed by atoms with Crippen molar-refractivity contribution in [3.05, 3.63) is 45.0 Å². The van der Waals surface area contributed by atoms with Crippen LogP contribution in [0.1, 0.15) is 44.1 Å². The molecule has 6 rings (SSSR count). The molecule has 0 radical (unpaired) electrons. The Morgan fingerprint density at radius 2 is 1.62 bits per heavy atom. The van der Waals surface area contributed by atoms with Gasteiger partial charge in [-0.05, 0) is 68.4 Å². The van der Waals surface area contributed by atoms with E-state index < -0.39 is 0 Å². The Kier molecular flexibility index (Phi) is 4.96. The normalized spacial score (nSPS) is 29.8. The first kappa shape index (κ1) is 19.5. The van der Waals surface area contributed by atoms with Gasteiger partial charge in [0.25, 0.3) is 0 Å². The Hall–Kier alpha value is -1.43. The Balaban J connectivity index is 1.27. The largest absolute Gasteiger partial charge is 0.332 e. The average molecular weight is 454 g/mol. The zero-order chi connectivity index (χ0) is 20.2. The lowest BCUT2D eigenvalue weighted by Crippen LogP contribution is -2.60. The van der Waals surface area contributed by atoms with Crippen LogP contribution in [0.3, 0.4) is 0 Å². The molecule has 5 nitrogen and oxygen atoms in total. The molecule has 1 aromatic heterocycles. The minimum Gasteiger partial charge on any atom is -0.332 e. The second kappa shape index (κ2) is 7.36. The van der Waals surface area contributed by atoms with E-state index in [-0.39, 0.29) is 11.6 Å². The van der Waals surface area contributed by atoms with E-state index in [1.165, 1.54) is 19.3 Å². The fourth-order valence-corrected chi connectivity index (χ4v) is 6.77. The van der Waals surface area contributed by atoms with Crippen LogP contribution in [0.2, 0.25) is 15.1 Å². The lowest BCUT2D eigenvalue weighted by molar-refractivity contribution is -0.0127. The molecule has 0 atom stereocenters. The molecule has 0 aliphatic heterocycles. The first-order valence-corrected chi connectivity index (χ1v) is 11.3. The molecule has 2 aromatic rings. The van der Waals surface area contributed by atoms with E-state index in [9.17, 15) is 4.79 Å². The number of nitrogens with zero attached hydrogens (tertiary/aromatic N) is 2. The first-order chi connectivity index (χ1) is 13.9. The summed E-state index contributed by atoms with van der Waals surface area (Å²) in [6.45, 7) is 0.372. The molecular weight excluding hydrogens is 431 g/mol. The standard InChI is InChI=1S/C21H23Cl3N4O/c22-16-2-1-3-17(23)15(16)10-28-11-18(24)19(27-28)25-20(29)26-21-7-12-4-13(8-21)6-14(5-12)9-21/h1-3,11-14H,4-10H2,(H2,25,26,27,29). The van der Waals surface area contributed by atoms with Gasteiger partial charge in [0.05, 0.1) is 6.54 Å². The van der Waals surface area contributed by atoms with Gasteiger partial charge in [0, 0.05) is 27.3 Å². The molecular formula is C21H23Cl3N4O. The highest BCUT2D eigenvalue weighted by Crippen LogP contribution is 2.55. The monoisotopic (exact) mass is 452 g/mol. The van der Waals surface area contributed by atoms with Crippen LogP contribution >= 0.6 is 34.8 Å². The Morgan fingerprint density at radius 1 is 1.03 bits per heavy atom. The molecule has 29 heavy (non-hydrogen) atoms. The molecule has 2 N–H and O–H groups in total. The van der Waals surface area contributed by atoms with Crippen molar-refractivity contribution < 1.29 is 4.79 Å². The van der Waals surface area contributed by atoms with Crippen molar-refractivity contribution in [1.29, 1.82) is 0 Å². The van der Waals surface area contributed by atoms with Gasteiger partial charge in [0.15, 0.2) is 5.82 Å². The molecule has 4 fully saturated rings. The van der Waals surface area contributed by atoms with Crippen molar-refractivity contribution in [2.75, 3.05) is 5.32 Å². The van der Waals surface area contributed by atoms with Crippen molar-refractivity contribution in [3.8, 4) is 0 Å². The summed E-state index contributed by atoms with van der Waals surface area (Å²) in [6.07, 6.45) is 8.97. The number of hydrogen-bond acceptors (Lipinski definition) is 2. The lowest BCUT2D eigenvalue weighted by Gasteiger charge is -2.56. The second-order valence-electron chi connectivity index (χ2n) is 9.00. The quantitative estimate of drug-likeness (QED) is 0.598. The summed E-state index contributed by atoms with van der Waals surface area (Å²) in [5.74, 6) is 2.65. The molecule has 4 saturated carbocycles. The number of anilines is 1. The van der Waals surface area contributed by atoms with Crippen molar-refractivity contribution in [2.45, 2.75) is 50.6 Å². The maximum Gasteiger partial charge on any atom is 0.320 e. The van der Waals surface area contributed by atoms with Gasteiger partial charge in [-0.25, -0.2) is 4.79 Å². The third-order valence-corrected chi connectivity index (χ3v) is 7.73. The number of nitrogens with one attached hydrogen (secondary N) is 2. The van der Waals surface area contributed by atoms with Crippen LogP contribution in [-0.4, -0.2) is 21.4 Å². The zero-order valence-corrected chi connectivity index (χ0v) is 18.2. The summed E-state index contributed by atoms with van der Waals surface area (Å²) in [6, 6.07) is 5.14. The topological polar surface area (TPSA) is 59.0 Å². The van der Waals surface area contributed by atoms with Crippen LogP contribution in [-0.2, 0) is 6.54 Å². The van der Waals surface area contributed by atoms with Gasteiger partial charge >= 0.3 is 6.03 Å². The summed E-state index contributed by atoms with van der Waals surface area (Å²) in [5.41, 5.74) is 0.707. The Bertz CT molecular complexity index is 902. The molecule has 154 valence electrons. The number of hydrogen-bond donors (Lipinski definition) is 2. The summed E-state index contributed by atoms with van der Waals surface area (Å²) in [7, 11) is 0. The van der Waals surface area contributed by atoms with Gasteiger partial charge in [-0.1, -0.05) is 40.9 Å². The van der Waals surface area contributed by atoms with Gasteiger partial charge < -0.3 is 5.32 Å². The number of benzene rings is 1. The number of rotatable bonds is 4. The summed E-state index contributed by atoms with van der Waals surface area (Å²) in [5, 5.41) is 12.1. The second-order valence-corrected chi connectivity index (χ2v) is 10.2. The molecule has 0 spiro atoms. The van der Waals surface area contributed by atoms with E-state index in [0.717, 1.165) is 42.6 Å². The zero-order valence-electron chi connectivity index (χ0n) is 15.9. The van der Waals surface area contributed by atoms with E-state index in [1.807, 2.05) is 0 Å². The van der Waals surface area contributed by atoms with Crippen molar-refractivity contribution in [2.24, 2.45) is 17.8 Å². The van der Waals surface area contributed by atoms with Crippen LogP contribution in [0, 0.1) is 17.8 Å². The van der Waals surface area contributed by atoms with Gasteiger partial charge in [0.2, 0.25) is 0 Å². The predicted molar refractivity (Wildman–Crippen MR) is 116 cm³/mol.